The maximum atomic E-state index is 12.9. The van der Waals surface area contributed by atoms with E-state index in [1.807, 2.05) is 62.4 Å². The molecule has 2 aliphatic rings. The van der Waals surface area contributed by atoms with E-state index in [9.17, 15) is 4.79 Å². The SMILES string of the molecule is COc1cc(/C=C2/C(=N)N3N=C(c4ccc(C)cc4)SC3=NC2=O)cc(I)c1OCc1cccc(C)c1. The van der Waals surface area contributed by atoms with Gasteiger partial charge in [-0.2, -0.15) is 15.1 Å². The normalized spacial score (nSPS) is 16.0. The molecule has 2 heterocycles. The average molecular weight is 622 g/mol. The fraction of sp³-hybridized carbons (Fsp3) is 0.143. The zero-order valence-electron chi connectivity index (χ0n) is 20.4. The molecule has 2 aliphatic heterocycles. The van der Waals surface area contributed by atoms with E-state index in [0.717, 1.165) is 20.3 Å². The topological polar surface area (TPSA) is 87.3 Å². The number of benzene rings is 3. The van der Waals surface area contributed by atoms with Gasteiger partial charge in [0.2, 0.25) is 5.17 Å². The average Bonchev–Trinajstić information content (AvgIpc) is 3.30. The Morgan fingerprint density at radius 2 is 1.86 bits per heavy atom. The summed E-state index contributed by atoms with van der Waals surface area (Å²) in [4.78, 5) is 17.1. The third-order valence-electron chi connectivity index (χ3n) is 5.78. The fourth-order valence-electron chi connectivity index (χ4n) is 3.89. The molecule has 1 N–H and O–H groups in total. The Labute approximate surface area is 232 Å². The summed E-state index contributed by atoms with van der Waals surface area (Å²) < 4.78 is 12.5. The quantitative estimate of drug-likeness (QED) is 0.263. The van der Waals surface area contributed by atoms with Crippen molar-refractivity contribution in [3.8, 4) is 11.5 Å². The summed E-state index contributed by atoms with van der Waals surface area (Å²) in [6.45, 7) is 4.47. The van der Waals surface area contributed by atoms with E-state index >= 15 is 0 Å². The summed E-state index contributed by atoms with van der Waals surface area (Å²) in [5.74, 6) is 0.679. The van der Waals surface area contributed by atoms with Crippen LogP contribution in [0.3, 0.4) is 0 Å². The largest absolute Gasteiger partial charge is 0.493 e. The van der Waals surface area contributed by atoms with Crippen LogP contribution in [-0.2, 0) is 11.4 Å². The number of thioether (sulfide) groups is 1. The lowest BCUT2D eigenvalue weighted by Gasteiger charge is -2.20. The number of nitrogens with zero attached hydrogens (tertiary/aromatic N) is 3. The summed E-state index contributed by atoms with van der Waals surface area (Å²) in [6, 6.07) is 19.8. The Kier molecular flexibility index (Phi) is 7.16. The van der Waals surface area contributed by atoms with E-state index in [0.29, 0.717) is 33.9 Å². The number of aliphatic imine (C=N–C) groups is 1. The highest BCUT2D eigenvalue weighted by molar-refractivity contribution is 14.1. The second kappa shape index (κ2) is 10.5. The molecule has 37 heavy (non-hydrogen) atoms. The third kappa shape index (κ3) is 5.33. The summed E-state index contributed by atoms with van der Waals surface area (Å²) >= 11 is 3.47. The molecule has 0 atom stereocenters. The highest BCUT2D eigenvalue weighted by Crippen LogP contribution is 2.36. The van der Waals surface area contributed by atoms with Crippen molar-refractivity contribution >= 4 is 62.4 Å². The van der Waals surface area contributed by atoms with Gasteiger partial charge in [0.15, 0.2) is 17.3 Å². The van der Waals surface area contributed by atoms with Crippen molar-refractivity contribution in [2.24, 2.45) is 10.1 Å². The summed E-state index contributed by atoms with van der Waals surface area (Å²) in [5.41, 5.74) is 5.15. The van der Waals surface area contributed by atoms with Crippen LogP contribution in [-0.4, -0.2) is 34.1 Å². The van der Waals surface area contributed by atoms with E-state index in [4.69, 9.17) is 14.9 Å². The Bertz CT molecular complexity index is 1510. The van der Waals surface area contributed by atoms with Gasteiger partial charge in [0.05, 0.1) is 16.3 Å². The minimum atomic E-state index is -0.474. The first kappa shape index (κ1) is 25.2. The monoisotopic (exact) mass is 622 g/mol. The number of ether oxygens (including phenoxy) is 2. The Morgan fingerprint density at radius 1 is 1.08 bits per heavy atom. The summed E-state index contributed by atoms with van der Waals surface area (Å²) in [7, 11) is 1.58. The molecule has 0 saturated carbocycles. The van der Waals surface area contributed by atoms with Crippen molar-refractivity contribution in [1.29, 1.82) is 5.41 Å². The molecule has 1 amide bonds. The lowest BCUT2D eigenvalue weighted by atomic mass is 10.1. The Morgan fingerprint density at radius 3 is 2.59 bits per heavy atom. The molecule has 5 rings (SSSR count). The highest BCUT2D eigenvalue weighted by atomic mass is 127. The van der Waals surface area contributed by atoms with Gasteiger partial charge in [-0.05, 0) is 77.5 Å². The molecule has 9 heteroatoms. The number of amidine groups is 2. The molecule has 0 radical (unpaired) electrons. The molecule has 0 fully saturated rings. The standard InChI is InChI=1S/C28H23IN4O3S/c1-16-7-9-20(10-8-16)27-32-33-25(30)21(26(34)31-28(33)37-27)12-19-13-22(29)24(23(14-19)35-3)36-15-18-6-4-5-17(2)11-18/h4-14,30H,15H2,1-3H3/b21-12-,30-25?. The maximum absolute atomic E-state index is 12.9. The van der Waals surface area contributed by atoms with Crippen LogP contribution in [0.5, 0.6) is 11.5 Å². The molecule has 3 aromatic carbocycles. The fourth-order valence-corrected chi connectivity index (χ4v) is 5.57. The number of amides is 1. The number of nitrogens with one attached hydrogen (secondary N) is 1. The number of carbonyl (C=O) groups excluding carboxylic acids is 1. The van der Waals surface area contributed by atoms with E-state index in [1.165, 1.54) is 22.3 Å². The number of fused-ring (bicyclic) bond motifs is 1. The lowest BCUT2D eigenvalue weighted by Crippen LogP contribution is -2.35. The van der Waals surface area contributed by atoms with Crippen molar-refractivity contribution in [3.63, 3.8) is 0 Å². The van der Waals surface area contributed by atoms with Crippen LogP contribution in [0.2, 0.25) is 0 Å². The predicted octanol–water partition coefficient (Wildman–Crippen LogP) is 6.16. The predicted molar refractivity (Wildman–Crippen MR) is 157 cm³/mol. The van der Waals surface area contributed by atoms with E-state index < -0.39 is 5.91 Å². The first-order chi connectivity index (χ1) is 17.8. The molecule has 0 saturated heterocycles. The summed E-state index contributed by atoms with van der Waals surface area (Å²) in [5, 5.41) is 15.7. The van der Waals surface area contributed by atoms with Crippen molar-refractivity contribution < 1.29 is 14.3 Å². The van der Waals surface area contributed by atoms with Crippen molar-refractivity contribution in [3.05, 3.63) is 97.6 Å². The number of halogens is 1. The molecule has 0 spiro atoms. The zero-order chi connectivity index (χ0) is 26.1. The maximum Gasteiger partial charge on any atom is 0.283 e. The minimum Gasteiger partial charge on any atom is -0.493 e. The van der Waals surface area contributed by atoms with Crippen LogP contribution < -0.4 is 9.47 Å². The summed E-state index contributed by atoms with van der Waals surface area (Å²) in [6.07, 6.45) is 1.64. The first-order valence-electron chi connectivity index (χ1n) is 11.5. The Hall–Kier alpha value is -3.44. The second-order valence-corrected chi connectivity index (χ2v) is 10.7. The number of hydrogen-bond donors (Lipinski definition) is 1. The second-order valence-electron chi connectivity index (χ2n) is 8.60. The van der Waals surface area contributed by atoms with Gasteiger partial charge in [-0.3, -0.25) is 10.2 Å². The molecule has 0 bridgehead atoms. The smallest absolute Gasteiger partial charge is 0.283 e. The molecular formula is C28H23IN4O3S. The van der Waals surface area contributed by atoms with Gasteiger partial charge in [0, 0.05) is 5.56 Å². The van der Waals surface area contributed by atoms with Crippen molar-refractivity contribution in [2.75, 3.05) is 7.11 Å². The molecule has 0 unspecified atom stereocenters. The molecular weight excluding hydrogens is 599 g/mol. The molecule has 186 valence electrons. The molecule has 0 aromatic heterocycles. The number of rotatable bonds is 6. The van der Waals surface area contributed by atoms with Crippen molar-refractivity contribution in [2.45, 2.75) is 20.5 Å². The van der Waals surface area contributed by atoms with Gasteiger partial charge in [-0.1, -0.05) is 59.7 Å². The van der Waals surface area contributed by atoms with Gasteiger partial charge < -0.3 is 9.47 Å². The van der Waals surface area contributed by atoms with Crippen LogP contribution in [0, 0.1) is 22.8 Å². The molecule has 3 aromatic rings. The van der Waals surface area contributed by atoms with Crippen LogP contribution in [0.4, 0.5) is 0 Å². The number of methoxy groups -OCH3 is 1. The van der Waals surface area contributed by atoms with Gasteiger partial charge in [0.1, 0.15) is 11.7 Å². The van der Waals surface area contributed by atoms with Gasteiger partial charge in [-0.25, -0.2) is 0 Å². The van der Waals surface area contributed by atoms with Crippen molar-refractivity contribution in [1.82, 2.24) is 5.01 Å². The van der Waals surface area contributed by atoms with E-state index in [2.05, 4.69) is 38.8 Å². The minimum absolute atomic E-state index is 0.0154. The third-order valence-corrected chi connectivity index (χ3v) is 7.54. The first-order valence-corrected chi connectivity index (χ1v) is 13.3. The zero-order valence-corrected chi connectivity index (χ0v) is 23.4. The van der Waals surface area contributed by atoms with Gasteiger partial charge in [0.25, 0.3) is 5.91 Å². The number of carbonyl (C=O) groups is 1. The van der Waals surface area contributed by atoms with Crippen LogP contribution >= 0.6 is 34.4 Å². The lowest BCUT2D eigenvalue weighted by molar-refractivity contribution is -0.114. The number of hydrogen-bond acceptors (Lipinski definition) is 6. The van der Waals surface area contributed by atoms with E-state index in [1.54, 1.807) is 19.3 Å². The molecule has 0 aliphatic carbocycles. The van der Waals surface area contributed by atoms with Gasteiger partial charge in [-0.15, -0.1) is 0 Å². The highest BCUT2D eigenvalue weighted by Gasteiger charge is 2.36. The number of aryl methyl sites for hydroxylation is 2. The van der Waals surface area contributed by atoms with E-state index in [-0.39, 0.29) is 11.4 Å². The Balaban J connectivity index is 1.41. The van der Waals surface area contributed by atoms with Crippen LogP contribution in [0.25, 0.3) is 6.08 Å². The van der Waals surface area contributed by atoms with Crippen LogP contribution in [0.1, 0.15) is 27.8 Å². The molecule has 7 nitrogen and oxygen atoms in total. The van der Waals surface area contributed by atoms with Gasteiger partial charge >= 0.3 is 0 Å². The number of hydrazone groups is 1. The van der Waals surface area contributed by atoms with Crippen LogP contribution in [0.15, 0.2) is 76.3 Å².